The number of carbonyl (C=O) groups excluding carboxylic acids is 6. The number of esters is 2. The minimum Gasteiger partial charge on any atom is -0.457 e. The number of thiazole rings is 2. The van der Waals surface area contributed by atoms with Crippen molar-refractivity contribution in [2.75, 3.05) is 0 Å². The van der Waals surface area contributed by atoms with E-state index in [1.807, 2.05) is 0 Å². The van der Waals surface area contributed by atoms with Gasteiger partial charge in [-0.05, 0) is 35.4 Å². The minimum absolute atomic E-state index is 0.0152. The second kappa shape index (κ2) is 15.7. The van der Waals surface area contributed by atoms with Crippen LogP contribution in [-0.4, -0.2) is 45.0 Å². The Labute approximate surface area is 366 Å². The normalized spacial score (nSPS) is 18.3. The monoisotopic (exact) mass is 896 g/mol. The van der Waals surface area contributed by atoms with Gasteiger partial charge in [0.1, 0.15) is 46.5 Å². The van der Waals surface area contributed by atoms with Gasteiger partial charge in [0.05, 0.1) is 33.7 Å². The molecule has 0 amide bonds. The summed E-state index contributed by atoms with van der Waals surface area (Å²) in [4.78, 5) is 90.6. The summed E-state index contributed by atoms with van der Waals surface area (Å²) in [6, 6.07) is 20.5. The van der Waals surface area contributed by atoms with E-state index in [-0.39, 0.29) is 68.0 Å². The first-order valence-electron chi connectivity index (χ1n) is 19.3. The fourth-order valence-corrected chi connectivity index (χ4v) is 10.4. The van der Waals surface area contributed by atoms with Gasteiger partial charge in [0.2, 0.25) is 23.1 Å². The average molecular weight is 897 g/mol. The maximum atomic E-state index is 14.8. The third kappa shape index (κ3) is 6.87. The Morgan fingerprint density at radius 1 is 0.562 bits per heavy atom. The van der Waals surface area contributed by atoms with Gasteiger partial charge in [-0.2, -0.15) is 0 Å². The first kappa shape index (κ1) is 40.5. The maximum absolute atomic E-state index is 14.8. The van der Waals surface area contributed by atoms with Crippen LogP contribution in [0.2, 0.25) is 0 Å². The summed E-state index contributed by atoms with van der Waals surface area (Å²) in [7, 11) is 0. The van der Waals surface area contributed by atoms with Gasteiger partial charge in [-0.25, -0.2) is 37.1 Å². The fourth-order valence-electron chi connectivity index (χ4n) is 8.08. The van der Waals surface area contributed by atoms with Gasteiger partial charge in [-0.15, -0.1) is 22.7 Å². The molecule has 0 saturated heterocycles. The molecule has 0 radical (unpaired) electrons. The number of rotatable bonds is 8. The van der Waals surface area contributed by atoms with Crippen LogP contribution in [0.3, 0.4) is 0 Å². The van der Waals surface area contributed by atoms with E-state index in [0.29, 0.717) is 33.0 Å². The molecule has 4 aromatic carbocycles. The number of aromatic nitrogens is 2. The highest BCUT2D eigenvalue weighted by molar-refractivity contribution is 7.13. The van der Waals surface area contributed by atoms with Crippen LogP contribution in [-0.2, 0) is 41.9 Å². The van der Waals surface area contributed by atoms with E-state index in [1.165, 1.54) is 12.2 Å². The lowest BCUT2D eigenvalue weighted by atomic mass is 9.76. The van der Waals surface area contributed by atoms with Crippen LogP contribution in [0, 0.1) is 23.3 Å². The van der Waals surface area contributed by atoms with Crippen LogP contribution in [0.5, 0.6) is 0 Å². The largest absolute Gasteiger partial charge is 0.457 e. The van der Waals surface area contributed by atoms with Gasteiger partial charge in [-0.1, -0.05) is 72.8 Å². The zero-order valence-electron chi connectivity index (χ0n) is 32.4. The van der Waals surface area contributed by atoms with Gasteiger partial charge in [0, 0.05) is 56.0 Å². The van der Waals surface area contributed by atoms with E-state index < -0.39 is 81.3 Å². The molecule has 10 rings (SSSR count). The highest BCUT2D eigenvalue weighted by Crippen LogP contribution is 2.54. The van der Waals surface area contributed by atoms with Crippen LogP contribution >= 0.6 is 22.7 Å². The van der Waals surface area contributed by atoms with E-state index in [2.05, 4.69) is 0 Å². The lowest BCUT2D eigenvalue weighted by Crippen LogP contribution is -2.23. The van der Waals surface area contributed by atoms with Gasteiger partial charge in [0.15, 0.2) is 0 Å². The highest BCUT2D eigenvalue weighted by atomic mass is 32.1. The Kier molecular flexibility index (Phi) is 9.91. The summed E-state index contributed by atoms with van der Waals surface area (Å²) >= 11 is 1.98. The van der Waals surface area contributed by atoms with E-state index in [9.17, 15) is 46.3 Å². The zero-order chi connectivity index (χ0) is 44.6. The number of hydrogen-bond acceptors (Lipinski definition) is 12. The predicted molar refractivity (Wildman–Crippen MR) is 225 cm³/mol. The van der Waals surface area contributed by atoms with Crippen molar-refractivity contribution in [3.8, 4) is 0 Å². The number of nitrogens with zero attached hydrogens (tertiary/aromatic N) is 2. The van der Waals surface area contributed by atoms with Crippen LogP contribution in [0.4, 0.5) is 17.6 Å². The Bertz CT molecular complexity index is 3020. The number of benzene rings is 4. The molecule has 10 nitrogen and oxygen atoms in total. The van der Waals surface area contributed by atoms with Gasteiger partial charge >= 0.3 is 11.9 Å². The molecule has 64 heavy (non-hydrogen) atoms. The van der Waals surface area contributed by atoms with E-state index in [0.717, 1.165) is 34.8 Å². The molecule has 0 aliphatic heterocycles. The molecule has 2 unspecified atom stereocenters. The number of carbonyl (C=O) groups is 6. The lowest BCUT2D eigenvalue weighted by Gasteiger charge is -2.30. The molecule has 4 aliphatic rings. The Balaban J connectivity index is 1.12. The molecule has 16 heteroatoms. The van der Waals surface area contributed by atoms with Crippen molar-refractivity contribution in [1.29, 1.82) is 0 Å². The van der Waals surface area contributed by atoms with Crippen molar-refractivity contribution in [2.45, 2.75) is 25.0 Å². The third-order valence-corrected chi connectivity index (χ3v) is 13.2. The third-order valence-electron chi connectivity index (χ3n) is 11.0. The number of fused-ring (bicyclic) bond motifs is 7. The van der Waals surface area contributed by atoms with E-state index in [1.54, 1.807) is 72.8 Å². The molecule has 0 bridgehead atoms. The molecule has 4 aliphatic carbocycles. The van der Waals surface area contributed by atoms with Crippen molar-refractivity contribution in [3.63, 3.8) is 0 Å². The molecule has 2 aromatic heterocycles. The molecule has 314 valence electrons. The highest BCUT2D eigenvalue weighted by Gasteiger charge is 2.44. The number of ketones is 4. The molecule has 0 fully saturated rings. The molecule has 2 heterocycles. The summed E-state index contributed by atoms with van der Waals surface area (Å²) < 4.78 is 70.0. The smallest absolute Gasteiger partial charge is 0.340 e. The molecule has 0 saturated carbocycles. The number of halogens is 4. The number of allylic oxidation sites excluding steroid dienone is 4. The summed E-state index contributed by atoms with van der Waals surface area (Å²) in [5.41, 5.74) is -0.759. The van der Waals surface area contributed by atoms with Crippen molar-refractivity contribution in [1.82, 2.24) is 9.97 Å². The van der Waals surface area contributed by atoms with E-state index >= 15 is 0 Å². The van der Waals surface area contributed by atoms with Crippen molar-refractivity contribution >= 4 is 92.2 Å². The van der Waals surface area contributed by atoms with Crippen LogP contribution in [0.15, 0.2) is 97.1 Å². The number of Topliss-reactive ketones (excluding diaryl/α,β-unsaturated/α-hetero) is 4. The quantitative estimate of drug-likeness (QED) is 0.0628. The summed E-state index contributed by atoms with van der Waals surface area (Å²) in [5.74, 6) is -12.1. The summed E-state index contributed by atoms with van der Waals surface area (Å²) in [6.45, 7) is -0.246. The molecule has 2 atom stereocenters. The number of ether oxygens (including phenoxy) is 2. The summed E-state index contributed by atoms with van der Waals surface area (Å²) in [5, 5.41) is 0.150. The van der Waals surface area contributed by atoms with E-state index in [4.69, 9.17) is 19.4 Å². The van der Waals surface area contributed by atoms with Gasteiger partial charge < -0.3 is 9.47 Å². The second-order valence-corrected chi connectivity index (χ2v) is 17.0. The van der Waals surface area contributed by atoms with Gasteiger partial charge in [0.25, 0.3) is 0 Å². The predicted octanol–water partition coefficient (Wildman–Crippen LogP) is 8.92. The van der Waals surface area contributed by atoms with Crippen LogP contribution in [0.25, 0.3) is 34.4 Å². The average Bonchev–Trinajstić information content (AvgIpc) is 4.02. The topological polar surface area (TPSA) is 147 Å². The maximum Gasteiger partial charge on any atom is 0.340 e. The molecular weight excluding hydrogens is 873 g/mol. The lowest BCUT2D eigenvalue weighted by molar-refractivity contribution is -0.138. The van der Waals surface area contributed by atoms with Crippen LogP contribution < -0.4 is 0 Å². The first-order chi connectivity index (χ1) is 30.8. The summed E-state index contributed by atoms with van der Waals surface area (Å²) in [6.07, 6.45) is 5.59. The first-order valence-corrected chi connectivity index (χ1v) is 21.0. The minimum atomic E-state index is -1.20. The van der Waals surface area contributed by atoms with Crippen molar-refractivity contribution < 1.29 is 55.8 Å². The number of hydrogen-bond donors (Lipinski definition) is 0. The van der Waals surface area contributed by atoms with Gasteiger partial charge in [-0.3, -0.25) is 19.2 Å². The Morgan fingerprint density at radius 2 is 0.953 bits per heavy atom. The molecule has 0 N–H and O–H groups in total. The zero-order valence-corrected chi connectivity index (χ0v) is 34.1. The Hall–Kier alpha value is -7.56. The molecule has 0 spiro atoms. The fraction of sp³-hybridized carbons (Fsp3) is 0.0833. The van der Waals surface area contributed by atoms with Crippen molar-refractivity contribution in [3.05, 3.63) is 185 Å². The molecule has 6 aromatic rings. The standard InChI is InChI=1S/C48H24F4N2O8S2/c49-23-11-25-27(41(55)43(57)37(25)33(51)13-23)17-35-53-39-31(47(59)61-19-21-7-3-1-4-8-21)15-29-30(45(39)63-35)16-32(48(60)62-20-22-9-5-2-6-10-22)40-46(29)64-36(54-40)18-28-26-12-24(50)14-34(52)38(26)44(58)42(28)56/h1-18,29-30H,19-20H2/b27-17-,28-18-. The SMILES string of the molecule is O=C(OCc1ccccc1)C1=CC2c3sc(/C=C4\C(=O)C(=O)c5c(F)cc(F)cc54)nc3C(C(=O)OCc3ccccc3)=CC2c2sc(/C=C3\C(=O)C(=O)c4c(F)cc(F)cc43)nc21. The van der Waals surface area contributed by atoms with Crippen LogP contribution in [0.1, 0.15) is 86.0 Å². The van der Waals surface area contributed by atoms with Crippen molar-refractivity contribution in [2.24, 2.45) is 0 Å². The second-order valence-electron chi connectivity index (χ2n) is 14.9. The molecular formula is C48H24F4N2O8S2. The Morgan fingerprint density at radius 3 is 1.34 bits per heavy atom.